The van der Waals surface area contributed by atoms with Crippen molar-refractivity contribution in [1.82, 2.24) is 0 Å². The van der Waals surface area contributed by atoms with E-state index < -0.39 is 23.5 Å². The van der Waals surface area contributed by atoms with Gasteiger partial charge in [0.05, 0.1) is 0 Å². The first-order valence-electron chi connectivity index (χ1n) is 3.52. The van der Waals surface area contributed by atoms with Crippen LogP contribution in [-0.2, 0) is 4.74 Å². The van der Waals surface area contributed by atoms with Crippen molar-refractivity contribution in [2.24, 2.45) is 0 Å². The zero-order valence-corrected chi connectivity index (χ0v) is 6.93. The van der Waals surface area contributed by atoms with Gasteiger partial charge in [0.1, 0.15) is 0 Å². The van der Waals surface area contributed by atoms with Gasteiger partial charge < -0.3 is 25.2 Å². The molecule has 0 bridgehead atoms. The van der Waals surface area contributed by atoms with Gasteiger partial charge >= 0.3 is 0 Å². The largest absolute Gasteiger partial charge is 0.504 e. The molecule has 0 aliphatic heterocycles. The molecule has 0 spiro atoms. The van der Waals surface area contributed by atoms with Crippen molar-refractivity contribution in [2.75, 3.05) is 7.11 Å². The molecule has 0 aromatic heterocycles. The number of hydrogen-bond acceptors (Lipinski definition) is 5. The molecule has 13 heavy (non-hydrogen) atoms. The molecular weight excluding hydrogens is 176 g/mol. The van der Waals surface area contributed by atoms with Gasteiger partial charge in [-0.1, -0.05) is 0 Å². The highest BCUT2D eigenvalue weighted by Crippen LogP contribution is 2.37. The highest BCUT2D eigenvalue weighted by molar-refractivity contribution is 5.51. The van der Waals surface area contributed by atoms with Crippen LogP contribution in [0.1, 0.15) is 11.9 Å². The number of aliphatic hydroxyl groups excluding tert-OH is 1. The Morgan fingerprint density at radius 1 is 1.15 bits per heavy atom. The Labute approximate surface area is 74.5 Å². The summed E-state index contributed by atoms with van der Waals surface area (Å²) in [6.07, 6.45) is -1.24. The van der Waals surface area contributed by atoms with E-state index in [1.54, 1.807) is 0 Å². The van der Waals surface area contributed by atoms with Gasteiger partial charge in [-0.25, -0.2) is 0 Å². The molecule has 0 amide bonds. The van der Waals surface area contributed by atoms with Gasteiger partial charge in [-0.15, -0.1) is 0 Å². The zero-order chi connectivity index (χ0) is 10.0. The van der Waals surface area contributed by atoms with Gasteiger partial charge in [0.15, 0.2) is 23.5 Å². The van der Waals surface area contributed by atoms with Crippen LogP contribution in [0.5, 0.6) is 17.2 Å². The maximum absolute atomic E-state index is 9.14. The predicted octanol–water partition coefficient (Wildman–Crippen LogP) is 0.441. The Bertz CT molecular complexity index is 286. The van der Waals surface area contributed by atoms with Crippen molar-refractivity contribution in [3.63, 3.8) is 0 Å². The fourth-order valence-electron chi connectivity index (χ4n) is 0.904. The lowest BCUT2D eigenvalue weighted by atomic mass is 10.2. The molecule has 72 valence electrons. The highest BCUT2D eigenvalue weighted by atomic mass is 16.6. The summed E-state index contributed by atoms with van der Waals surface area (Å²) in [4.78, 5) is 0. The first-order chi connectivity index (χ1) is 6.06. The topological polar surface area (TPSA) is 90.2 Å². The number of phenols is 3. The van der Waals surface area contributed by atoms with Crippen LogP contribution in [0.4, 0.5) is 0 Å². The smallest absolute Gasteiger partial charge is 0.200 e. The SMILES string of the molecule is COC(O)c1cc(O)c(O)c(O)c1. The van der Waals surface area contributed by atoms with Crippen LogP contribution in [0.25, 0.3) is 0 Å². The summed E-state index contributed by atoms with van der Waals surface area (Å²) in [5, 5.41) is 36.2. The van der Waals surface area contributed by atoms with Gasteiger partial charge in [-0.05, 0) is 12.1 Å². The summed E-state index contributed by atoms with van der Waals surface area (Å²) in [6, 6.07) is 2.20. The van der Waals surface area contributed by atoms with Crippen molar-refractivity contribution < 1.29 is 25.2 Å². The second-order valence-electron chi connectivity index (χ2n) is 2.50. The van der Waals surface area contributed by atoms with Crippen LogP contribution < -0.4 is 0 Å². The molecule has 0 aliphatic rings. The molecule has 1 unspecified atom stereocenters. The summed E-state index contributed by atoms with van der Waals surface area (Å²) in [5.74, 6) is -1.63. The minimum atomic E-state index is -1.24. The number of rotatable bonds is 2. The second kappa shape index (κ2) is 3.51. The van der Waals surface area contributed by atoms with Crippen molar-refractivity contribution in [3.05, 3.63) is 17.7 Å². The Balaban J connectivity index is 3.13. The Hall–Kier alpha value is -1.46. The molecule has 0 fully saturated rings. The molecule has 1 aromatic carbocycles. The van der Waals surface area contributed by atoms with Gasteiger partial charge in [-0.3, -0.25) is 0 Å². The maximum Gasteiger partial charge on any atom is 0.200 e. The normalized spacial score (nSPS) is 12.8. The number of aromatic hydroxyl groups is 3. The van der Waals surface area contributed by atoms with Crippen LogP contribution >= 0.6 is 0 Å². The van der Waals surface area contributed by atoms with Gasteiger partial charge in [0.2, 0.25) is 0 Å². The molecule has 5 heteroatoms. The molecule has 4 N–H and O–H groups in total. The Kier molecular flexibility index (Phi) is 2.60. The third kappa shape index (κ3) is 1.82. The lowest BCUT2D eigenvalue weighted by molar-refractivity contribution is -0.0771. The van der Waals surface area contributed by atoms with E-state index in [9.17, 15) is 0 Å². The van der Waals surface area contributed by atoms with Crippen molar-refractivity contribution in [3.8, 4) is 17.2 Å². The number of aliphatic hydroxyl groups is 1. The molecule has 0 saturated carbocycles. The second-order valence-corrected chi connectivity index (χ2v) is 2.50. The van der Waals surface area contributed by atoms with E-state index in [1.807, 2.05) is 0 Å². The Morgan fingerprint density at radius 2 is 1.62 bits per heavy atom. The summed E-state index contributed by atoms with van der Waals surface area (Å²) >= 11 is 0. The van der Waals surface area contributed by atoms with Crippen molar-refractivity contribution >= 4 is 0 Å². The standard InChI is InChI=1S/C8H10O5/c1-13-8(12)4-2-5(9)7(11)6(10)3-4/h2-3,8-12H,1H3. The van der Waals surface area contributed by atoms with Gasteiger partial charge in [0, 0.05) is 12.7 Å². The van der Waals surface area contributed by atoms with Crippen LogP contribution in [0, 0.1) is 0 Å². The number of methoxy groups -OCH3 is 1. The molecular formula is C8H10O5. The van der Waals surface area contributed by atoms with E-state index in [0.29, 0.717) is 0 Å². The van der Waals surface area contributed by atoms with Gasteiger partial charge in [-0.2, -0.15) is 0 Å². The third-order valence-corrected chi connectivity index (χ3v) is 1.60. The molecule has 0 radical (unpaired) electrons. The fraction of sp³-hybridized carbons (Fsp3) is 0.250. The van der Waals surface area contributed by atoms with Crippen LogP contribution in [-0.4, -0.2) is 27.5 Å². The maximum atomic E-state index is 9.14. The molecule has 0 heterocycles. The number of benzene rings is 1. The molecule has 1 aromatic rings. The lowest BCUT2D eigenvalue weighted by Gasteiger charge is -2.10. The van der Waals surface area contributed by atoms with E-state index in [1.165, 1.54) is 7.11 Å². The monoisotopic (exact) mass is 186 g/mol. The first-order valence-corrected chi connectivity index (χ1v) is 3.52. The van der Waals surface area contributed by atoms with Crippen LogP contribution in [0.15, 0.2) is 12.1 Å². The molecule has 0 aliphatic carbocycles. The van der Waals surface area contributed by atoms with E-state index in [2.05, 4.69) is 4.74 Å². The average molecular weight is 186 g/mol. The van der Waals surface area contributed by atoms with Crippen LogP contribution in [0.2, 0.25) is 0 Å². The minimum Gasteiger partial charge on any atom is -0.504 e. The van der Waals surface area contributed by atoms with E-state index in [0.717, 1.165) is 12.1 Å². The van der Waals surface area contributed by atoms with E-state index in [4.69, 9.17) is 20.4 Å². The summed E-state index contributed by atoms with van der Waals surface area (Å²) in [6.45, 7) is 0. The molecule has 5 nitrogen and oxygen atoms in total. The fourth-order valence-corrected chi connectivity index (χ4v) is 0.904. The number of hydrogen-bond donors (Lipinski definition) is 4. The molecule has 1 rings (SSSR count). The number of ether oxygens (including phenoxy) is 1. The quantitative estimate of drug-likeness (QED) is 0.397. The lowest BCUT2D eigenvalue weighted by Crippen LogP contribution is -1.98. The van der Waals surface area contributed by atoms with Crippen molar-refractivity contribution in [2.45, 2.75) is 6.29 Å². The third-order valence-electron chi connectivity index (χ3n) is 1.60. The number of phenolic OH excluding ortho intramolecular Hbond substituents is 3. The highest BCUT2D eigenvalue weighted by Gasteiger charge is 2.12. The zero-order valence-electron chi connectivity index (χ0n) is 6.93. The summed E-state index contributed by atoms with van der Waals surface area (Å²) in [7, 11) is 1.27. The van der Waals surface area contributed by atoms with Crippen LogP contribution in [0.3, 0.4) is 0 Å². The molecule has 1 atom stereocenters. The average Bonchev–Trinajstić information content (AvgIpc) is 2.12. The van der Waals surface area contributed by atoms with Crippen molar-refractivity contribution in [1.29, 1.82) is 0 Å². The summed E-state index contributed by atoms with van der Waals surface area (Å²) in [5.41, 5.74) is 0.162. The van der Waals surface area contributed by atoms with E-state index >= 15 is 0 Å². The predicted molar refractivity (Wildman–Crippen MR) is 43.4 cm³/mol. The van der Waals surface area contributed by atoms with Gasteiger partial charge in [0.25, 0.3) is 0 Å². The van der Waals surface area contributed by atoms with E-state index in [-0.39, 0.29) is 5.56 Å². The minimum absolute atomic E-state index is 0.162. The summed E-state index contributed by atoms with van der Waals surface area (Å²) < 4.78 is 4.54. The Morgan fingerprint density at radius 3 is 2.00 bits per heavy atom. The molecule has 0 saturated heterocycles. The first kappa shape index (κ1) is 9.63.